The quantitative estimate of drug-likeness (QED) is 0.866. The molecule has 0 aliphatic rings. The molecule has 110 valence electrons. The van der Waals surface area contributed by atoms with Gasteiger partial charge in [0.25, 0.3) is 5.56 Å². The topological polar surface area (TPSA) is 60.4 Å². The van der Waals surface area contributed by atoms with Gasteiger partial charge in [-0.2, -0.15) is 22.9 Å². The summed E-state index contributed by atoms with van der Waals surface area (Å²) < 4.78 is 38.7. The molecular weight excluding hydrogens is 283 g/mol. The summed E-state index contributed by atoms with van der Waals surface area (Å²) in [6, 6.07) is 7.51. The van der Waals surface area contributed by atoms with Crippen molar-refractivity contribution in [1.82, 2.24) is 4.68 Å². The standard InChI is InChI=1S/C14H12F3N3O/c1-9-5-12(18)20(13(21)6-9)19-8-10-3-2-4-11(7-10)14(15,16)17/h2-8H,18H2,1H3/b19-8-. The molecule has 2 N–H and O–H groups in total. The number of benzene rings is 1. The lowest BCUT2D eigenvalue weighted by molar-refractivity contribution is -0.137. The lowest BCUT2D eigenvalue weighted by Crippen LogP contribution is -2.19. The van der Waals surface area contributed by atoms with Crippen LogP contribution in [0.1, 0.15) is 16.7 Å². The van der Waals surface area contributed by atoms with Crippen LogP contribution in [-0.2, 0) is 6.18 Å². The summed E-state index contributed by atoms with van der Waals surface area (Å²) in [4.78, 5) is 11.7. The van der Waals surface area contributed by atoms with Gasteiger partial charge in [-0.05, 0) is 36.2 Å². The van der Waals surface area contributed by atoms with Crippen LogP contribution in [0.2, 0.25) is 0 Å². The van der Waals surface area contributed by atoms with Gasteiger partial charge in [-0.15, -0.1) is 0 Å². The van der Waals surface area contributed by atoms with E-state index in [-0.39, 0.29) is 11.4 Å². The number of aromatic nitrogens is 1. The molecule has 2 aromatic rings. The van der Waals surface area contributed by atoms with Gasteiger partial charge >= 0.3 is 6.18 Å². The second-order valence-electron chi connectivity index (χ2n) is 4.48. The molecule has 0 saturated heterocycles. The number of pyridine rings is 1. The van der Waals surface area contributed by atoms with Crippen molar-refractivity contribution in [2.24, 2.45) is 5.10 Å². The fraction of sp³-hybridized carbons (Fsp3) is 0.143. The van der Waals surface area contributed by atoms with Crippen LogP contribution < -0.4 is 11.3 Å². The van der Waals surface area contributed by atoms with Crippen LogP contribution in [0.25, 0.3) is 0 Å². The molecule has 0 saturated carbocycles. The Labute approximate surface area is 118 Å². The second kappa shape index (κ2) is 5.43. The van der Waals surface area contributed by atoms with Crippen molar-refractivity contribution in [3.8, 4) is 0 Å². The van der Waals surface area contributed by atoms with Crippen molar-refractivity contribution in [2.75, 3.05) is 5.73 Å². The van der Waals surface area contributed by atoms with Gasteiger partial charge in [0, 0.05) is 6.07 Å². The SMILES string of the molecule is Cc1cc(N)n(/N=C\c2cccc(C(F)(F)F)c2)c(=O)c1. The highest BCUT2D eigenvalue weighted by molar-refractivity contribution is 5.79. The molecule has 1 aromatic heterocycles. The first-order chi connectivity index (χ1) is 9.77. The zero-order chi connectivity index (χ0) is 15.6. The molecule has 0 radical (unpaired) electrons. The van der Waals surface area contributed by atoms with E-state index in [4.69, 9.17) is 5.73 Å². The molecule has 0 aliphatic carbocycles. The number of alkyl halides is 3. The molecule has 4 nitrogen and oxygen atoms in total. The van der Waals surface area contributed by atoms with Crippen LogP contribution in [0, 0.1) is 6.92 Å². The van der Waals surface area contributed by atoms with Crippen molar-refractivity contribution in [2.45, 2.75) is 13.1 Å². The van der Waals surface area contributed by atoms with Gasteiger partial charge in [0.15, 0.2) is 0 Å². The third kappa shape index (κ3) is 3.50. The first kappa shape index (κ1) is 14.8. The minimum absolute atomic E-state index is 0.114. The number of nitrogen functional groups attached to an aromatic ring is 1. The van der Waals surface area contributed by atoms with Crippen LogP contribution in [-0.4, -0.2) is 10.9 Å². The normalized spacial score (nSPS) is 12.0. The predicted octanol–water partition coefficient (Wildman–Crippen LogP) is 2.64. The summed E-state index contributed by atoms with van der Waals surface area (Å²) in [5.41, 5.74) is 5.33. The summed E-state index contributed by atoms with van der Waals surface area (Å²) in [6.45, 7) is 1.71. The molecule has 0 amide bonds. The molecule has 0 unspecified atom stereocenters. The average Bonchev–Trinajstić information content (AvgIpc) is 2.36. The van der Waals surface area contributed by atoms with Crippen molar-refractivity contribution in [3.63, 3.8) is 0 Å². The van der Waals surface area contributed by atoms with Gasteiger partial charge in [0.1, 0.15) is 5.82 Å². The molecule has 0 spiro atoms. The molecule has 0 bridgehead atoms. The number of hydrogen-bond acceptors (Lipinski definition) is 3. The summed E-state index contributed by atoms with van der Waals surface area (Å²) in [5.74, 6) is 0.114. The number of hydrogen-bond donors (Lipinski definition) is 1. The highest BCUT2D eigenvalue weighted by atomic mass is 19.4. The van der Waals surface area contributed by atoms with Crippen LogP contribution >= 0.6 is 0 Å². The van der Waals surface area contributed by atoms with E-state index in [1.807, 2.05) is 0 Å². The maximum absolute atomic E-state index is 12.6. The number of anilines is 1. The maximum atomic E-state index is 12.6. The number of rotatable bonds is 2. The van der Waals surface area contributed by atoms with E-state index in [1.54, 1.807) is 13.0 Å². The lowest BCUT2D eigenvalue weighted by atomic mass is 10.1. The summed E-state index contributed by atoms with van der Waals surface area (Å²) in [5, 5.41) is 3.83. The molecule has 7 heteroatoms. The smallest absolute Gasteiger partial charge is 0.384 e. The zero-order valence-corrected chi connectivity index (χ0v) is 11.1. The monoisotopic (exact) mass is 295 g/mol. The molecule has 1 aromatic carbocycles. The number of halogens is 3. The minimum atomic E-state index is -4.43. The molecule has 0 aliphatic heterocycles. The first-order valence-electron chi connectivity index (χ1n) is 5.98. The molecule has 0 fully saturated rings. The molecule has 2 rings (SSSR count). The summed E-state index contributed by atoms with van der Waals surface area (Å²) >= 11 is 0. The molecule has 1 heterocycles. The van der Waals surface area contributed by atoms with E-state index in [0.717, 1.165) is 23.0 Å². The van der Waals surface area contributed by atoms with E-state index >= 15 is 0 Å². The maximum Gasteiger partial charge on any atom is 0.416 e. The van der Waals surface area contributed by atoms with Gasteiger partial charge in [0.2, 0.25) is 0 Å². The Morgan fingerprint density at radius 1 is 1.24 bits per heavy atom. The number of aryl methyl sites for hydroxylation is 1. The fourth-order valence-electron chi connectivity index (χ4n) is 1.76. The Morgan fingerprint density at radius 2 is 1.95 bits per heavy atom. The molecule has 21 heavy (non-hydrogen) atoms. The van der Waals surface area contributed by atoms with Crippen molar-refractivity contribution in [3.05, 3.63) is 63.4 Å². The Hall–Kier alpha value is -2.57. The minimum Gasteiger partial charge on any atom is -0.384 e. The average molecular weight is 295 g/mol. The van der Waals surface area contributed by atoms with E-state index < -0.39 is 17.3 Å². The van der Waals surface area contributed by atoms with E-state index in [0.29, 0.717) is 5.56 Å². The third-order valence-corrected chi connectivity index (χ3v) is 2.72. The lowest BCUT2D eigenvalue weighted by Gasteiger charge is -2.07. The van der Waals surface area contributed by atoms with Crippen LogP contribution in [0.3, 0.4) is 0 Å². The van der Waals surface area contributed by atoms with Gasteiger partial charge in [-0.1, -0.05) is 12.1 Å². The van der Waals surface area contributed by atoms with Gasteiger partial charge in [-0.25, -0.2) is 0 Å². The van der Waals surface area contributed by atoms with E-state index in [1.165, 1.54) is 18.2 Å². The Morgan fingerprint density at radius 3 is 2.57 bits per heavy atom. The van der Waals surface area contributed by atoms with E-state index in [2.05, 4.69) is 5.10 Å². The molecular formula is C14H12F3N3O. The van der Waals surface area contributed by atoms with Crippen molar-refractivity contribution in [1.29, 1.82) is 0 Å². The highest BCUT2D eigenvalue weighted by Crippen LogP contribution is 2.29. The van der Waals surface area contributed by atoms with Crippen LogP contribution in [0.4, 0.5) is 19.0 Å². The van der Waals surface area contributed by atoms with Gasteiger partial charge in [-0.3, -0.25) is 4.79 Å². The fourth-order valence-corrected chi connectivity index (χ4v) is 1.76. The Balaban J connectivity index is 2.37. The Bertz CT molecular complexity index is 748. The van der Waals surface area contributed by atoms with Gasteiger partial charge in [0.05, 0.1) is 11.8 Å². The van der Waals surface area contributed by atoms with Crippen LogP contribution in [0.15, 0.2) is 46.3 Å². The van der Waals surface area contributed by atoms with Gasteiger partial charge < -0.3 is 5.73 Å². The number of nitrogens with two attached hydrogens (primary N) is 1. The second-order valence-corrected chi connectivity index (χ2v) is 4.48. The van der Waals surface area contributed by atoms with E-state index in [9.17, 15) is 18.0 Å². The number of nitrogens with zero attached hydrogens (tertiary/aromatic N) is 2. The summed E-state index contributed by atoms with van der Waals surface area (Å²) in [6.07, 6.45) is -3.27. The summed E-state index contributed by atoms with van der Waals surface area (Å²) in [7, 11) is 0. The highest BCUT2D eigenvalue weighted by Gasteiger charge is 2.30. The first-order valence-corrected chi connectivity index (χ1v) is 5.98. The van der Waals surface area contributed by atoms with Crippen LogP contribution in [0.5, 0.6) is 0 Å². The third-order valence-electron chi connectivity index (χ3n) is 2.72. The predicted molar refractivity (Wildman–Crippen MR) is 74.3 cm³/mol. The Kier molecular flexibility index (Phi) is 3.84. The zero-order valence-electron chi connectivity index (χ0n) is 11.1. The largest absolute Gasteiger partial charge is 0.416 e. The molecule has 0 atom stereocenters. The van der Waals surface area contributed by atoms with Crippen molar-refractivity contribution >= 4 is 12.0 Å². The van der Waals surface area contributed by atoms with Crippen molar-refractivity contribution < 1.29 is 13.2 Å².